The second-order valence-electron chi connectivity index (χ2n) is 4.02. The number of nitrogens with one attached hydrogen (secondary N) is 1. The molecule has 0 radical (unpaired) electrons. The highest BCUT2D eigenvalue weighted by Crippen LogP contribution is 2.28. The van der Waals surface area contributed by atoms with E-state index in [0.717, 1.165) is 17.9 Å². The molecule has 0 saturated carbocycles. The minimum Gasteiger partial charge on any atom is -0.311 e. The summed E-state index contributed by atoms with van der Waals surface area (Å²) in [6, 6.07) is -0.686. The summed E-state index contributed by atoms with van der Waals surface area (Å²) in [6.07, 6.45) is -4.34. The fourth-order valence-corrected chi connectivity index (χ4v) is 1.93. The molecule has 0 fully saturated rings. The van der Waals surface area contributed by atoms with Crippen molar-refractivity contribution in [3.05, 3.63) is 11.4 Å². The summed E-state index contributed by atoms with van der Waals surface area (Å²) in [7, 11) is 0. The summed E-state index contributed by atoms with van der Waals surface area (Å²) in [6.45, 7) is 2.87. The highest BCUT2D eigenvalue weighted by Gasteiger charge is 2.32. The van der Waals surface area contributed by atoms with Crippen molar-refractivity contribution in [3.63, 3.8) is 0 Å². The Balaban J connectivity index is 2.17. The van der Waals surface area contributed by atoms with E-state index in [4.69, 9.17) is 0 Å². The van der Waals surface area contributed by atoms with Crippen LogP contribution in [-0.2, 0) is 13.0 Å². The number of alkyl halides is 3. The molecule has 1 unspecified atom stereocenters. The third-order valence-corrected chi connectivity index (χ3v) is 2.65. The standard InChI is InChI=1S/C9H13F3N4/c1-6(4-9(10,11)12)16-8-2-3-13-5-7(8)14-15-16/h6,13H,2-5H2,1H3. The fourth-order valence-electron chi connectivity index (χ4n) is 1.93. The van der Waals surface area contributed by atoms with Gasteiger partial charge in [0, 0.05) is 19.5 Å². The van der Waals surface area contributed by atoms with Gasteiger partial charge < -0.3 is 5.32 Å². The summed E-state index contributed by atoms with van der Waals surface area (Å²) < 4.78 is 38.2. The number of aromatic nitrogens is 3. The van der Waals surface area contributed by atoms with Gasteiger partial charge in [-0.05, 0) is 6.92 Å². The van der Waals surface area contributed by atoms with Gasteiger partial charge >= 0.3 is 6.18 Å². The Morgan fingerprint density at radius 1 is 1.50 bits per heavy atom. The SMILES string of the molecule is CC(CC(F)(F)F)n1nnc2c1CCNC2. The zero-order valence-corrected chi connectivity index (χ0v) is 8.88. The molecule has 16 heavy (non-hydrogen) atoms. The van der Waals surface area contributed by atoms with Gasteiger partial charge in [-0.15, -0.1) is 5.10 Å². The second kappa shape index (κ2) is 4.04. The van der Waals surface area contributed by atoms with Gasteiger partial charge in [-0.2, -0.15) is 13.2 Å². The van der Waals surface area contributed by atoms with Crippen LogP contribution in [0.3, 0.4) is 0 Å². The Labute approximate surface area is 90.8 Å². The Morgan fingerprint density at radius 3 is 2.94 bits per heavy atom. The van der Waals surface area contributed by atoms with Crippen LogP contribution in [0.1, 0.15) is 30.8 Å². The first-order chi connectivity index (χ1) is 7.47. The Bertz CT molecular complexity index is 371. The molecule has 1 aliphatic heterocycles. The highest BCUT2D eigenvalue weighted by atomic mass is 19.4. The minimum absolute atomic E-state index is 0.591. The van der Waals surface area contributed by atoms with Gasteiger partial charge in [-0.3, -0.25) is 0 Å². The lowest BCUT2D eigenvalue weighted by Gasteiger charge is -2.19. The van der Waals surface area contributed by atoms with E-state index in [1.807, 2.05) is 0 Å². The van der Waals surface area contributed by atoms with Crippen LogP contribution in [-0.4, -0.2) is 27.7 Å². The zero-order chi connectivity index (χ0) is 11.8. The number of nitrogens with zero attached hydrogens (tertiary/aromatic N) is 3. The van der Waals surface area contributed by atoms with E-state index in [1.54, 1.807) is 0 Å². The largest absolute Gasteiger partial charge is 0.391 e. The molecule has 0 bridgehead atoms. The summed E-state index contributed by atoms with van der Waals surface area (Å²) in [4.78, 5) is 0. The molecular formula is C9H13F3N4. The molecule has 1 atom stereocenters. The molecule has 0 spiro atoms. The zero-order valence-electron chi connectivity index (χ0n) is 8.88. The van der Waals surface area contributed by atoms with Crippen molar-refractivity contribution in [1.82, 2.24) is 20.3 Å². The predicted octanol–water partition coefficient (Wildman–Crippen LogP) is 1.44. The molecule has 1 aliphatic rings. The van der Waals surface area contributed by atoms with E-state index < -0.39 is 18.6 Å². The predicted molar refractivity (Wildman–Crippen MR) is 50.8 cm³/mol. The van der Waals surface area contributed by atoms with E-state index in [9.17, 15) is 13.2 Å². The van der Waals surface area contributed by atoms with E-state index in [0.29, 0.717) is 13.0 Å². The van der Waals surface area contributed by atoms with Gasteiger partial charge in [0.2, 0.25) is 0 Å². The molecule has 4 nitrogen and oxygen atoms in total. The highest BCUT2D eigenvalue weighted by molar-refractivity contribution is 5.14. The molecular weight excluding hydrogens is 221 g/mol. The Hall–Kier alpha value is -1.11. The molecule has 2 heterocycles. The first-order valence-corrected chi connectivity index (χ1v) is 5.18. The van der Waals surface area contributed by atoms with Crippen molar-refractivity contribution in [3.8, 4) is 0 Å². The maximum absolute atomic E-state index is 12.3. The molecule has 1 N–H and O–H groups in total. The first-order valence-electron chi connectivity index (χ1n) is 5.18. The third kappa shape index (κ3) is 2.34. The maximum Gasteiger partial charge on any atom is 0.391 e. The lowest BCUT2D eigenvalue weighted by atomic mass is 10.1. The molecule has 0 amide bonds. The quantitative estimate of drug-likeness (QED) is 0.842. The van der Waals surface area contributed by atoms with Gasteiger partial charge in [-0.1, -0.05) is 5.21 Å². The average molecular weight is 234 g/mol. The third-order valence-electron chi connectivity index (χ3n) is 2.65. The van der Waals surface area contributed by atoms with Crippen LogP contribution in [0, 0.1) is 0 Å². The van der Waals surface area contributed by atoms with Gasteiger partial charge in [-0.25, -0.2) is 4.68 Å². The summed E-state index contributed by atoms with van der Waals surface area (Å²) in [5, 5.41) is 10.8. The van der Waals surface area contributed by atoms with Crippen molar-refractivity contribution in [2.45, 2.75) is 38.5 Å². The molecule has 0 saturated heterocycles. The Kier molecular flexibility index (Phi) is 2.88. The number of rotatable bonds is 2. The molecule has 1 aromatic heterocycles. The van der Waals surface area contributed by atoms with Crippen LogP contribution in [0.5, 0.6) is 0 Å². The molecule has 90 valence electrons. The van der Waals surface area contributed by atoms with Crippen molar-refractivity contribution < 1.29 is 13.2 Å². The van der Waals surface area contributed by atoms with Crippen LogP contribution in [0.4, 0.5) is 13.2 Å². The second-order valence-corrected chi connectivity index (χ2v) is 4.02. The maximum atomic E-state index is 12.3. The summed E-state index contributed by atoms with van der Waals surface area (Å²) >= 11 is 0. The van der Waals surface area contributed by atoms with E-state index >= 15 is 0 Å². The van der Waals surface area contributed by atoms with E-state index in [2.05, 4.69) is 15.6 Å². The van der Waals surface area contributed by atoms with Crippen molar-refractivity contribution in [2.75, 3.05) is 6.54 Å². The summed E-state index contributed by atoms with van der Waals surface area (Å²) in [5.41, 5.74) is 1.59. The molecule has 2 rings (SSSR count). The van der Waals surface area contributed by atoms with Crippen LogP contribution in [0.2, 0.25) is 0 Å². The first kappa shape index (κ1) is 11.4. The van der Waals surface area contributed by atoms with Gasteiger partial charge in [0.15, 0.2) is 0 Å². The smallest absolute Gasteiger partial charge is 0.311 e. The van der Waals surface area contributed by atoms with Crippen LogP contribution >= 0.6 is 0 Å². The van der Waals surface area contributed by atoms with Crippen LogP contribution in [0.25, 0.3) is 0 Å². The number of hydrogen-bond donors (Lipinski definition) is 1. The van der Waals surface area contributed by atoms with Crippen molar-refractivity contribution in [1.29, 1.82) is 0 Å². The molecule has 7 heteroatoms. The van der Waals surface area contributed by atoms with Crippen molar-refractivity contribution in [2.24, 2.45) is 0 Å². The topological polar surface area (TPSA) is 42.7 Å². The lowest BCUT2D eigenvalue weighted by molar-refractivity contribution is -0.142. The monoisotopic (exact) mass is 234 g/mol. The number of fused-ring (bicyclic) bond motifs is 1. The van der Waals surface area contributed by atoms with Gasteiger partial charge in [0.05, 0.1) is 23.9 Å². The fraction of sp³-hybridized carbons (Fsp3) is 0.778. The number of hydrogen-bond acceptors (Lipinski definition) is 3. The van der Waals surface area contributed by atoms with Crippen molar-refractivity contribution >= 4 is 0 Å². The van der Waals surface area contributed by atoms with Gasteiger partial charge in [0.1, 0.15) is 0 Å². The van der Waals surface area contributed by atoms with Crippen LogP contribution < -0.4 is 5.32 Å². The lowest BCUT2D eigenvalue weighted by Crippen LogP contribution is -2.26. The Morgan fingerprint density at radius 2 is 2.25 bits per heavy atom. The van der Waals surface area contributed by atoms with E-state index in [1.165, 1.54) is 11.6 Å². The molecule has 0 aliphatic carbocycles. The van der Waals surface area contributed by atoms with E-state index in [-0.39, 0.29) is 0 Å². The van der Waals surface area contributed by atoms with Gasteiger partial charge in [0.25, 0.3) is 0 Å². The average Bonchev–Trinajstić information content (AvgIpc) is 2.58. The summed E-state index contributed by atoms with van der Waals surface area (Å²) in [5.74, 6) is 0. The molecule has 0 aromatic carbocycles. The molecule has 1 aromatic rings. The number of halogens is 3. The normalized spacial score (nSPS) is 18.2. The minimum atomic E-state index is -4.16. The van der Waals surface area contributed by atoms with Crippen LogP contribution in [0.15, 0.2) is 0 Å².